The van der Waals surface area contributed by atoms with Crippen LogP contribution in [0.25, 0.3) is 0 Å². The molecule has 0 bridgehead atoms. The van der Waals surface area contributed by atoms with Crippen molar-refractivity contribution in [2.45, 2.75) is 13.0 Å². The van der Waals surface area contributed by atoms with E-state index in [9.17, 15) is 14.0 Å². The van der Waals surface area contributed by atoms with E-state index >= 15 is 0 Å². The van der Waals surface area contributed by atoms with E-state index in [0.29, 0.717) is 11.4 Å². The number of amides is 2. The molecular weight excluding hydrogens is 381 g/mol. The van der Waals surface area contributed by atoms with Crippen molar-refractivity contribution in [1.29, 1.82) is 0 Å². The summed E-state index contributed by atoms with van der Waals surface area (Å²) in [4.78, 5) is 27.3. The molecule has 0 saturated heterocycles. The summed E-state index contributed by atoms with van der Waals surface area (Å²) in [6, 6.07) is 21.6. The first-order valence-corrected chi connectivity index (χ1v) is 9.60. The van der Waals surface area contributed by atoms with Gasteiger partial charge in [-0.3, -0.25) is 14.5 Å². The van der Waals surface area contributed by atoms with Gasteiger partial charge in [0.05, 0.1) is 6.54 Å². The smallest absolute Gasteiger partial charge is 0.246 e. The molecular formula is C24H24FN3O2. The van der Waals surface area contributed by atoms with Gasteiger partial charge in [-0.15, -0.1) is 0 Å². The molecule has 3 aromatic rings. The number of halogens is 1. The van der Waals surface area contributed by atoms with Gasteiger partial charge in [0, 0.05) is 11.4 Å². The minimum absolute atomic E-state index is 0.0181. The van der Waals surface area contributed by atoms with Crippen LogP contribution in [-0.2, 0) is 9.59 Å². The zero-order chi connectivity index (χ0) is 21.5. The van der Waals surface area contributed by atoms with Crippen molar-refractivity contribution in [2.75, 3.05) is 24.2 Å². The summed E-state index contributed by atoms with van der Waals surface area (Å²) in [5.41, 5.74) is 3.04. The fraction of sp³-hybridized carbons (Fsp3) is 0.167. The monoisotopic (exact) mass is 405 g/mol. The fourth-order valence-electron chi connectivity index (χ4n) is 3.14. The standard InChI is InChI=1S/C24H24FN3O2/c1-17-8-12-20(13-9-17)26-22(29)16-28(2)23(18-6-4-3-5-7-18)24(30)27-21-14-10-19(25)11-15-21/h3-15,23H,16H2,1-2H3,(H,26,29)(H,27,30)/t23-/m1/s1. The predicted octanol–water partition coefficient (Wildman–Crippen LogP) is 4.38. The summed E-state index contributed by atoms with van der Waals surface area (Å²) in [7, 11) is 1.72. The lowest BCUT2D eigenvalue weighted by atomic mass is 10.0. The molecule has 0 aromatic heterocycles. The number of aryl methyl sites for hydroxylation is 1. The maximum absolute atomic E-state index is 13.2. The van der Waals surface area contributed by atoms with E-state index in [1.165, 1.54) is 24.3 Å². The number of carbonyl (C=O) groups excluding carboxylic acids is 2. The number of anilines is 2. The van der Waals surface area contributed by atoms with Crippen LogP contribution in [0.15, 0.2) is 78.9 Å². The highest BCUT2D eigenvalue weighted by molar-refractivity contribution is 5.97. The molecule has 1 atom stereocenters. The average Bonchev–Trinajstić information content (AvgIpc) is 2.72. The van der Waals surface area contributed by atoms with Gasteiger partial charge in [0.1, 0.15) is 11.9 Å². The highest BCUT2D eigenvalue weighted by atomic mass is 19.1. The Hall–Kier alpha value is -3.51. The van der Waals surface area contributed by atoms with Crippen molar-refractivity contribution < 1.29 is 14.0 Å². The lowest BCUT2D eigenvalue weighted by molar-refractivity contribution is -0.123. The van der Waals surface area contributed by atoms with Gasteiger partial charge in [-0.05, 0) is 55.9 Å². The first-order valence-electron chi connectivity index (χ1n) is 9.60. The van der Waals surface area contributed by atoms with Crippen LogP contribution >= 0.6 is 0 Å². The Morgan fingerprint density at radius 3 is 2.07 bits per heavy atom. The van der Waals surface area contributed by atoms with Gasteiger partial charge in [-0.1, -0.05) is 48.0 Å². The lowest BCUT2D eigenvalue weighted by Gasteiger charge is -2.27. The molecule has 0 spiro atoms. The van der Waals surface area contributed by atoms with Crippen LogP contribution in [0.4, 0.5) is 15.8 Å². The van der Waals surface area contributed by atoms with Gasteiger partial charge in [-0.2, -0.15) is 0 Å². The quantitative estimate of drug-likeness (QED) is 0.613. The summed E-state index contributed by atoms with van der Waals surface area (Å²) in [6.07, 6.45) is 0. The van der Waals surface area contributed by atoms with E-state index in [-0.39, 0.29) is 24.2 Å². The van der Waals surface area contributed by atoms with Crippen molar-refractivity contribution in [3.8, 4) is 0 Å². The summed E-state index contributed by atoms with van der Waals surface area (Å²) >= 11 is 0. The summed E-state index contributed by atoms with van der Waals surface area (Å²) < 4.78 is 13.2. The molecule has 0 aliphatic carbocycles. The van der Waals surface area contributed by atoms with E-state index in [2.05, 4.69) is 10.6 Å². The highest BCUT2D eigenvalue weighted by Gasteiger charge is 2.26. The van der Waals surface area contributed by atoms with Gasteiger partial charge in [0.15, 0.2) is 0 Å². The van der Waals surface area contributed by atoms with Gasteiger partial charge < -0.3 is 10.6 Å². The van der Waals surface area contributed by atoms with Crippen LogP contribution in [0.5, 0.6) is 0 Å². The number of hydrogen-bond acceptors (Lipinski definition) is 3. The van der Waals surface area contributed by atoms with Crippen LogP contribution in [0.2, 0.25) is 0 Å². The SMILES string of the molecule is Cc1ccc(NC(=O)CN(C)[C@@H](C(=O)Nc2ccc(F)cc2)c2ccccc2)cc1. The van der Waals surface area contributed by atoms with E-state index in [1.54, 1.807) is 11.9 Å². The zero-order valence-corrected chi connectivity index (χ0v) is 16.9. The molecule has 3 rings (SSSR count). The van der Waals surface area contributed by atoms with Crippen molar-refractivity contribution in [1.82, 2.24) is 4.90 Å². The van der Waals surface area contributed by atoms with Crippen LogP contribution in [-0.4, -0.2) is 30.3 Å². The molecule has 0 heterocycles. The molecule has 2 N–H and O–H groups in total. The van der Waals surface area contributed by atoms with Crippen LogP contribution < -0.4 is 10.6 Å². The normalized spacial score (nSPS) is 11.7. The molecule has 30 heavy (non-hydrogen) atoms. The number of carbonyl (C=O) groups is 2. The minimum Gasteiger partial charge on any atom is -0.325 e. The number of nitrogens with one attached hydrogen (secondary N) is 2. The van der Waals surface area contributed by atoms with E-state index < -0.39 is 6.04 Å². The summed E-state index contributed by atoms with van der Waals surface area (Å²) in [5.74, 6) is -0.909. The van der Waals surface area contributed by atoms with Crippen molar-refractivity contribution in [3.63, 3.8) is 0 Å². The summed E-state index contributed by atoms with van der Waals surface area (Å²) in [5, 5.41) is 5.65. The molecule has 154 valence electrons. The molecule has 0 radical (unpaired) electrons. The number of rotatable bonds is 7. The molecule has 0 unspecified atom stereocenters. The van der Waals surface area contributed by atoms with Crippen LogP contribution in [0, 0.1) is 12.7 Å². The molecule has 3 aromatic carbocycles. The zero-order valence-electron chi connectivity index (χ0n) is 16.9. The number of benzene rings is 3. The molecule has 0 aliphatic heterocycles. The van der Waals surface area contributed by atoms with Crippen molar-refractivity contribution in [2.24, 2.45) is 0 Å². The van der Waals surface area contributed by atoms with E-state index in [0.717, 1.165) is 11.1 Å². The van der Waals surface area contributed by atoms with Crippen molar-refractivity contribution >= 4 is 23.2 Å². The Morgan fingerprint density at radius 1 is 0.867 bits per heavy atom. The Balaban J connectivity index is 1.74. The van der Waals surface area contributed by atoms with E-state index in [4.69, 9.17) is 0 Å². The van der Waals surface area contributed by atoms with Crippen LogP contribution in [0.3, 0.4) is 0 Å². The average molecular weight is 405 g/mol. The van der Waals surface area contributed by atoms with Gasteiger partial charge in [0.25, 0.3) is 0 Å². The second-order valence-electron chi connectivity index (χ2n) is 7.14. The minimum atomic E-state index is -0.694. The Labute approximate surface area is 175 Å². The second-order valence-corrected chi connectivity index (χ2v) is 7.14. The van der Waals surface area contributed by atoms with Gasteiger partial charge in [-0.25, -0.2) is 4.39 Å². The lowest BCUT2D eigenvalue weighted by Crippen LogP contribution is -2.39. The second kappa shape index (κ2) is 9.80. The largest absolute Gasteiger partial charge is 0.325 e. The summed E-state index contributed by atoms with van der Waals surface area (Å²) in [6.45, 7) is 1.99. The number of likely N-dealkylation sites (N-methyl/N-ethyl adjacent to an activating group) is 1. The molecule has 0 saturated carbocycles. The highest BCUT2D eigenvalue weighted by Crippen LogP contribution is 2.22. The first-order chi connectivity index (χ1) is 14.4. The van der Waals surface area contributed by atoms with Gasteiger partial charge in [0.2, 0.25) is 11.8 Å². The Morgan fingerprint density at radius 2 is 1.43 bits per heavy atom. The molecule has 0 fully saturated rings. The third-order valence-corrected chi connectivity index (χ3v) is 4.64. The Bertz CT molecular complexity index is 989. The number of nitrogens with zero attached hydrogens (tertiary/aromatic N) is 1. The van der Waals surface area contributed by atoms with Crippen molar-refractivity contribution in [3.05, 3.63) is 95.8 Å². The third kappa shape index (κ3) is 5.75. The molecule has 6 heteroatoms. The predicted molar refractivity (Wildman–Crippen MR) is 117 cm³/mol. The number of hydrogen-bond donors (Lipinski definition) is 2. The third-order valence-electron chi connectivity index (χ3n) is 4.64. The molecule has 5 nitrogen and oxygen atoms in total. The van der Waals surface area contributed by atoms with Crippen LogP contribution in [0.1, 0.15) is 17.2 Å². The molecule has 2 amide bonds. The molecule has 0 aliphatic rings. The fourth-order valence-corrected chi connectivity index (χ4v) is 3.14. The Kier molecular flexibility index (Phi) is 6.93. The topological polar surface area (TPSA) is 61.4 Å². The van der Waals surface area contributed by atoms with Gasteiger partial charge >= 0.3 is 0 Å². The maximum atomic E-state index is 13.2. The van der Waals surface area contributed by atoms with E-state index in [1.807, 2.05) is 61.5 Å². The maximum Gasteiger partial charge on any atom is 0.246 e. The first kappa shape index (κ1) is 21.2.